The van der Waals surface area contributed by atoms with Crippen molar-refractivity contribution in [2.45, 2.75) is 17.7 Å². The number of hydrogen-bond acceptors (Lipinski definition) is 7. The molecule has 2 aliphatic rings. The average Bonchev–Trinajstić information content (AvgIpc) is 3.38. The van der Waals surface area contributed by atoms with E-state index in [0.717, 1.165) is 31.6 Å². The van der Waals surface area contributed by atoms with Gasteiger partial charge in [0.15, 0.2) is 0 Å². The van der Waals surface area contributed by atoms with Crippen LogP contribution in [0.5, 0.6) is 0 Å². The summed E-state index contributed by atoms with van der Waals surface area (Å²) < 4.78 is 33.0. The van der Waals surface area contributed by atoms with Crippen LogP contribution in [0, 0.1) is 11.3 Å². The van der Waals surface area contributed by atoms with Crippen LogP contribution >= 0.6 is 0 Å². The molecule has 2 saturated heterocycles. The van der Waals surface area contributed by atoms with Crippen LogP contribution in [0.4, 0.5) is 17.1 Å². The van der Waals surface area contributed by atoms with E-state index in [1.54, 1.807) is 36.4 Å². The van der Waals surface area contributed by atoms with Crippen LogP contribution in [0.1, 0.15) is 18.4 Å². The minimum Gasteiger partial charge on any atom is -0.379 e. The maximum Gasteiger partial charge on any atom is 0.243 e. The number of amides is 1. The van der Waals surface area contributed by atoms with Crippen molar-refractivity contribution in [1.82, 2.24) is 4.31 Å². The van der Waals surface area contributed by atoms with Gasteiger partial charge in [-0.25, -0.2) is 8.42 Å². The van der Waals surface area contributed by atoms with Crippen molar-refractivity contribution in [3.8, 4) is 6.07 Å². The fourth-order valence-electron chi connectivity index (χ4n) is 4.00. The zero-order valence-electron chi connectivity index (χ0n) is 18.3. The molecule has 0 radical (unpaired) electrons. The van der Waals surface area contributed by atoms with Gasteiger partial charge < -0.3 is 20.3 Å². The zero-order chi connectivity index (χ0) is 23.3. The molecular weight excluding hydrogens is 442 g/mol. The normalized spacial score (nSPS) is 16.9. The summed E-state index contributed by atoms with van der Waals surface area (Å²) in [5.41, 5.74) is 2.60. The van der Waals surface area contributed by atoms with Gasteiger partial charge in [0.05, 0.1) is 47.7 Å². The van der Waals surface area contributed by atoms with Gasteiger partial charge in [-0.05, 0) is 55.3 Å². The van der Waals surface area contributed by atoms with E-state index < -0.39 is 10.0 Å². The van der Waals surface area contributed by atoms with Crippen LogP contribution in [0.15, 0.2) is 47.4 Å². The van der Waals surface area contributed by atoms with Crippen molar-refractivity contribution in [1.29, 1.82) is 5.26 Å². The topological polar surface area (TPSA) is 115 Å². The van der Waals surface area contributed by atoms with Crippen LogP contribution < -0.4 is 15.5 Å². The SMILES string of the molecule is N#Cc1ccc(NC(=O)CNc2cc(S(=O)(=O)N3CCOCC3)ccc2N2CCCC2)cc1. The fraction of sp³-hybridized carbons (Fsp3) is 0.391. The molecule has 0 unspecified atom stereocenters. The van der Waals surface area contributed by atoms with E-state index in [0.29, 0.717) is 43.2 Å². The lowest BCUT2D eigenvalue weighted by molar-refractivity contribution is -0.114. The van der Waals surface area contributed by atoms with Crippen molar-refractivity contribution in [3.63, 3.8) is 0 Å². The molecule has 33 heavy (non-hydrogen) atoms. The Bertz CT molecular complexity index is 1130. The smallest absolute Gasteiger partial charge is 0.243 e. The van der Waals surface area contributed by atoms with Gasteiger partial charge in [0.2, 0.25) is 15.9 Å². The van der Waals surface area contributed by atoms with E-state index in [2.05, 4.69) is 15.5 Å². The van der Waals surface area contributed by atoms with E-state index in [1.807, 2.05) is 12.1 Å². The Balaban J connectivity index is 1.52. The molecule has 2 fully saturated rings. The molecule has 2 aromatic carbocycles. The number of nitriles is 1. The Kier molecular flexibility index (Phi) is 7.13. The third kappa shape index (κ3) is 5.45. The summed E-state index contributed by atoms with van der Waals surface area (Å²) >= 11 is 0. The highest BCUT2D eigenvalue weighted by Crippen LogP contribution is 2.32. The number of morpholine rings is 1. The van der Waals surface area contributed by atoms with Crippen LogP contribution in [0.3, 0.4) is 0 Å². The third-order valence-electron chi connectivity index (χ3n) is 5.76. The van der Waals surface area contributed by atoms with E-state index in [4.69, 9.17) is 10.00 Å². The van der Waals surface area contributed by atoms with Gasteiger partial charge in [0, 0.05) is 31.9 Å². The van der Waals surface area contributed by atoms with Crippen molar-refractivity contribution in [3.05, 3.63) is 48.0 Å². The van der Waals surface area contributed by atoms with Crippen LogP contribution in [-0.2, 0) is 19.6 Å². The molecule has 0 aromatic heterocycles. The van der Waals surface area contributed by atoms with Gasteiger partial charge in [-0.1, -0.05) is 0 Å². The number of anilines is 3. The summed E-state index contributed by atoms with van der Waals surface area (Å²) in [6, 6.07) is 13.7. The maximum atomic E-state index is 13.1. The van der Waals surface area contributed by atoms with E-state index in [9.17, 15) is 13.2 Å². The molecule has 174 valence electrons. The molecule has 1 amide bonds. The Morgan fingerprint density at radius 3 is 2.39 bits per heavy atom. The zero-order valence-corrected chi connectivity index (χ0v) is 19.1. The highest BCUT2D eigenvalue weighted by molar-refractivity contribution is 7.89. The molecule has 10 heteroatoms. The monoisotopic (exact) mass is 469 g/mol. The maximum absolute atomic E-state index is 13.1. The highest BCUT2D eigenvalue weighted by Gasteiger charge is 2.28. The average molecular weight is 470 g/mol. The number of carbonyl (C=O) groups excluding carboxylic acids is 1. The summed E-state index contributed by atoms with van der Waals surface area (Å²) in [4.78, 5) is 14.9. The number of ether oxygens (including phenoxy) is 1. The minimum atomic E-state index is -3.65. The number of nitrogens with one attached hydrogen (secondary N) is 2. The lowest BCUT2D eigenvalue weighted by Crippen LogP contribution is -2.40. The summed E-state index contributed by atoms with van der Waals surface area (Å²) in [5, 5.41) is 14.8. The number of carbonyl (C=O) groups is 1. The molecule has 0 saturated carbocycles. The van der Waals surface area contributed by atoms with E-state index >= 15 is 0 Å². The molecule has 0 aliphatic carbocycles. The first-order valence-electron chi connectivity index (χ1n) is 11.0. The third-order valence-corrected chi connectivity index (χ3v) is 7.65. The predicted molar refractivity (Wildman–Crippen MR) is 126 cm³/mol. The van der Waals surface area contributed by atoms with Crippen LogP contribution in [-0.4, -0.2) is 64.6 Å². The first kappa shape index (κ1) is 23.0. The van der Waals surface area contributed by atoms with E-state index in [-0.39, 0.29) is 17.3 Å². The first-order chi connectivity index (χ1) is 16.0. The van der Waals surface area contributed by atoms with Gasteiger partial charge in [0.1, 0.15) is 0 Å². The number of nitrogens with zero attached hydrogens (tertiary/aromatic N) is 3. The summed E-state index contributed by atoms with van der Waals surface area (Å²) in [6.07, 6.45) is 2.15. The summed E-state index contributed by atoms with van der Waals surface area (Å²) in [5.74, 6) is -0.270. The van der Waals surface area contributed by atoms with Gasteiger partial charge in [-0.3, -0.25) is 4.79 Å². The largest absolute Gasteiger partial charge is 0.379 e. The number of sulfonamides is 1. The molecule has 2 N–H and O–H groups in total. The number of benzene rings is 2. The Morgan fingerprint density at radius 1 is 1.03 bits per heavy atom. The Hall–Kier alpha value is -3.13. The van der Waals surface area contributed by atoms with Crippen molar-refractivity contribution < 1.29 is 17.9 Å². The summed E-state index contributed by atoms with van der Waals surface area (Å²) in [6.45, 7) is 3.17. The quantitative estimate of drug-likeness (QED) is 0.639. The molecule has 0 atom stereocenters. The highest BCUT2D eigenvalue weighted by atomic mass is 32.2. The summed E-state index contributed by atoms with van der Waals surface area (Å²) in [7, 11) is -3.65. The van der Waals surface area contributed by atoms with Gasteiger partial charge >= 0.3 is 0 Å². The molecule has 4 rings (SSSR count). The van der Waals surface area contributed by atoms with Crippen molar-refractivity contribution in [2.75, 3.05) is 61.5 Å². The molecule has 2 heterocycles. The fourth-order valence-corrected chi connectivity index (χ4v) is 5.43. The molecule has 0 bridgehead atoms. The van der Waals surface area contributed by atoms with Gasteiger partial charge in [0.25, 0.3) is 0 Å². The van der Waals surface area contributed by atoms with Gasteiger partial charge in [-0.15, -0.1) is 0 Å². The standard InChI is InChI=1S/C23H27N5O4S/c24-16-18-3-5-19(6-4-18)26-23(29)17-25-21-15-20(7-8-22(21)27-9-1-2-10-27)33(30,31)28-11-13-32-14-12-28/h3-8,15,25H,1-2,9-14,17H2,(H,26,29). The van der Waals surface area contributed by atoms with Crippen molar-refractivity contribution >= 4 is 33.0 Å². The van der Waals surface area contributed by atoms with Gasteiger partial charge in [-0.2, -0.15) is 9.57 Å². The second-order valence-corrected chi connectivity index (χ2v) is 9.92. The molecular formula is C23H27N5O4S. The molecule has 2 aromatic rings. The molecule has 2 aliphatic heterocycles. The minimum absolute atomic E-state index is 0.0259. The van der Waals surface area contributed by atoms with Crippen molar-refractivity contribution in [2.24, 2.45) is 0 Å². The number of rotatable bonds is 7. The lowest BCUT2D eigenvalue weighted by atomic mass is 10.2. The Morgan fingerprint density at radius 2 is 1.73 bits per heavy atom. The van der Waals surface area contributed by atoms with Crippen LogP contribution in [0.2, 0.25) is 0 Å². The van der Waals surface area contributed by atoms with Crippen LogP contribution in [0.25, 0.3) is 0 Å². The number of hydrogen-bond donors (Lipinski definition) is 2. The van der Waals surface area contributed by atoms with E-state index in [1.165, 1.54) is 4.31 Å². The lowest BCUT2D eigenvalue weighted by Gasteiger charge is -2.27. The second-order valence-electron chi connectivity index (χ2n) is 7.98. The predicted octanol–water partition coefficient (Wildman–Crippen LogP) is 2.23. The Labute approximate surface area is 194 Å². The molecule has 9 nitrogen and oxygen atoms in total. The first-order valence-corrected chi connectivity index (χ1v) is 12.4. The second kappa shape index (κ2) is 10.2. The molecule has 0 spiro atoms.